The first-order valence-corrected chi connectivity index (χ1v) is 6.55. The zero-order valence-corrected chi connectivity index (χ0v) is 11.6. The van der Waals surface area contributed by atoms with Crippen molar-refractivity contribution >= 4 is 22.5 Å². The molecule has 2 aromatic rings. The number of aromatic amines is 1. The van der Waals surface area contributed by atoms with Gasteiger partial charge < -0.3 is 15.1 Å². The Bertz CT molecular complexity index is 693. The number of oxazole rings is 1. The van der Waals surface area contributed by atoms with Crippen LogP contribution in [-0.2, 0) is 0 Å². The second-order valence-corrected chi connectivity index (χ2v) is 5.17. The van der Waals surface area contributed by atoms with Crippen molar-refractivity contribution in [1.82, 2.24) is 4.98 Å². The second kappa shape index (κ2) is 5.70. The van der Waals surface area contributed by atoms with E-state index in [1.807, 2.05) is 0 Å². The van der Waals surface area contributed by atoms with Gasteiger partial charge in [-0.25, -0.2) is 4.79 Å². The minimum Gasteiger partial charge on any atom is -0.408 e. The lowest BCUT2D eigenvalue weighted by atomic mass is 10.1. The highest BCUT2D eigenvalue weighted by Gasteiger charge is 2.14. The molecule has 0 aliphatic rings. The van der Waals surface area contributed by atoms with E-state index in [4.69, 9.17) is 15.4 Å². The summed E-state index contributed by atoms with van der Waals surface area (Å²) in [4.78, 5) is 15.9. The lowest BCUT2D eigenvalue weighted by molar-refractivity contribution is 0.555. The summed E-state index contributed by atoms with van der Waals surface area (Å²) in [6.07, 6.45) is 0.423. The number of aromatic nitrogens is 1. The smallest absolute Gasteiger partial charge is 0.408 e. The van der Waals surface area contributed by atoms with E-state index in [1.165, 1.54) is 0 Å². The van der Waals surface area contributed by atoms with E-state index in [0.29, 0.717) is 35.7 Å². The molecule has 0 fully saturated rings. The molecule has 0 saturated heterocycles. The summed E-state index contributed by atoms with van der Waals surface area (Å²) in [6, 6.07) is 5.59. The topological polar surface area (TPSA) is 99.0 Å². The highest BCUT2D eigenvalue weighted by Crippen LogP contribution is 2.28. The standard InChI is InChI=1S/C14H18N4O2/c1-9(2)8-18(5-3-4-15)12-7-11-13(6-10(12)16)20-14(19)17-11/h6-7,9H,3,5,8,16H2,1-2H3,(H,17,19). The van der Waals surface area contributed by atoms with E-state index in [1.54, 1.807) is 12.1 Å². The Morgan fingerprint density at radius 2 is 2.25 bits per heavy atom. The van der Waals surface area contributed by atoms with Crippen LogP contribution >= 0.6 is 0 Å². The van der Waals surface area contributed by atoms with Crippen molar-refractivity contribution in [2.45, 2.75) is 20.3 Å². The normalized spacial score (nSPS) is 10.9. The first-order chi connectivity index (χ1) is 9.51. The lowest BCUT2D eigenvalue weighted by Crippen LogP contribution is -2.29. The van der Waals surface area contributed by atoms with E-state index >= 15 is 0 Å². The Morgan fingerprint density at radius 3 is 2.90 bits per heavy atom. The molecule has 0 atom stereocenters. The van der Waals surface area contributed by atoms with Crippen LogP contribution in [0.5, 0.6) is 0 Å². The van der Waals surface area contributed by atoms with E-state index in [0.717, 1.165) is 12.2 Å². The number of nitrogens with one attached hydrogen (secondary N) is 1. The second-order valence-electron chi connectivity index (χ2n) is 5.17. The molecule has 20 heavy (non-hydrogen) atoms. The van der Waals surface area contributed by atoms with Crippen molar-refractivity contribution in [2.75, 3.05) is 23.7 Å². The molecule has 1 heterocycles. The van der Waals surface area contributed by atoms with Crippen LogP contribution in [-0.4, -0.2) is 18.1 Å². The number of nitrogens with two attached hydrogens (primary N) is 1. The molecule has 2 rings (SSSR count). The van der Waals surface area contributed by atoms with Crippen molar-refractivity contribution in [1.29, 1.82) is 5.26 Å². The van der Waals surface area contributed by atoms with Crippen LogP contribution in [0, 0.1) is 17.2 Å². The predicted octanol–water partition coefficient (Wildman–Crippen LogP) is 2.08. The molecule has 0 aliphatic carbocycles. The summed E-state index contributed by atoms with van der Waals surface area (Å²) >= 11 is 0. The molecule has 6 nitrogen and oxygen atoms in total. The van der Waals surface area contributed by atoms with Crippen LogP contribution in [0.2, 0.25) is 0 Å². The summed E-state index contributed by atoms with van der Waals surface area (Å²) in [7, 11) is 0. The first kappa shape index (κ1) is 14.0. The predicted molar refractivity (Wildman–Crippen MR) is 78.5 cm³/mol. The molecule has 106 valence electrons. The third-order valence-corrected chi connectivity index (χ3v) is 2.99. The number of hydrogen-bond acceptors (Lipinski definition) is 5. The number of fused-ring (bicyclic) bond motifs is 1. The molecule has 0 saturated carbocycles. The number of rotatable bonds is 5. The van der Waals surface area contributed by atoms with Crippen LogP contribution in [0.3, 0.4) is 0 Å². The maximum Gasteiger partial charge on any atom is 0.417 e. The average Bonchev–Trinajstić information content (AvgIpc) is 2.72. The summed E-state index contributed by atoms with van der Waals surface area (Å²) in [5.41, 5.74) is 8.46. The van der Waals surface area contributed by atoms with E-state index in [-0.39, 0.29) is 0 Å². The van der Waals surface area contributed by atoms with Crippen molar-refractivity contribution in [3.8, 4) is 6.07 Å². The van der Waals surface area contributed by atoms with Gasteiger partial charge in [0.15, 0.2) is 5.58 Å². The zero-order chi connectivity index (χ0) is 14.7. The van der Waals surface area contributed by atoms with Crippen LogP contribution in [0.25, 0.3) is 11.1 Å². The summed E-state index contributed by atoms with van der Waals surface area (Å²) in [6.45, 7) is 5.60. The quantitative estimate of drug-likeness (QED) is 0.813. The van der Waals surface area contributed by atoms with Gasteiger partial charge in [-0.15, -0.1) is 0 Å². The van der Waals surface area contributed by atoms with Gasteiger partial charge in [0.25, 0.3) is 0 Å². The maximum absolute atomic E-state index is 11.2. The number of H-pyrrole nitrogens is 1. The summed E-state index contributed by atoms with van der Waals surface area (Å²) < 4.78 is 4.98. The van der Waals surface area contributed by atoms with Gasteiger partial charge in [-0.1, -0.05) is 13.8 Å². The molecule has 0 radical (unpaired) electrons. The van der Waals surface area contributed by atoms with Gasteiger partial charge in [0.2, 0.25) is 0 Å². The molecule has 3 N–H and O–H groups in total. The van der Waals surface area contributed by atoms with Crippen molar-refractivity contribution in [2.24, 2.45) is 5.92 Å². The van der Waals surface area contributed by atoms with Gasteiger partial charge in [0, 0.05) is 19.2 Å². The van der Waals surface area contributed by atoms with E-state index in [2.05, 4.69) is 29.8 Å². The van der Waals surface area contributed by atoms with E-state index in [9.17, 15) is 4.79 Å². The monoisotopic (exact) mass is 274 g/mol. The average molecular weight is 274 g/mol. The van der Waals surface area contributed by atoms with Crippen LogP contribution in [0.1, 0.15) is 20.3 Å². The largest absolute Gasteiger partial charge is 0.417 e. The number of nitriles is 1. The Kier molecular flexibility index (Phi) is 3.99. The Balaban J connectivity index is 2.42. The number of hydrogen-bond donors (Lipinski definition) is 2. The van der Waals surface area contributed by atoms with Gasteiger partial charge in [0.1, 0.15) is 0 Å². The fourth-order valence-corrected chi connectivity index (χ4v) is 2.21. The van der Waals surface area contributed by atoms with Gasteiger partial charge in [-0.3, -0.25) is 4.98 Å². The van der Waals surface area contributed by atoms with Crippen LogP contribution < -0.4 is 16.4 Å². The summed E-state index contributed by atoms with van der Waals surface area (Å²) in [5, 5.41) is 8.77. The van der Waals surface area contributed by atoms with Crippen molar-refractivity contribution in [3.63, 3.8) is 0 Å². The SMILES string of the molecule is CC(C)CN(CCC#N)c1cc2[nH]c(=O)oc2cc1N. The number of nitrogen functional groups attached to an aromatic ring is 1. The minimum atomic E-state index is -0.496. The van der Waals surface area contributed by atoms with Gasteiger partial charge in [-0.05, 0) is 12.0 Å². The van der Waals surface area contributed by atoms with E-state index < -0.39 is 5.76 Å². The van der Waals surface area contributed by atoms with Gasteiger partial charge in [-0.2, -0.15) is 5.26 Å². The fourth-order valence-electron chi connectivity index (χ4n) is 2.21. The lowest BCUT2D eigenvalue weighted by Gasteiger charge is -2.27. The van der Waals surface area contributed by atoms with Crippen LogP contribution in [0.4, 0.5) is 11.4 Å². The highest BCUT2D eigenvalue weighted by molar-refractivity contribution is 5.85. The molecule has 0 bridgehead atoms. The summed E-state index contributed by atoms with van der Waals surface area (Å²) in [5.74, 6) is -0.0591. The number of anilines is 2. The fraction of sp³-hybridized carbons (Fsp3) is 0.429. The Morgan fingerprint density at radius 1 is 1.50 bits per heavy atom. The van der Waals surface area contributed by atoms with Crippen molar-refractivity contribution < 1.29 is 4.42 Å². The molecule has 0 amide bonds. The minimum absolute atomic E-state index is 0.423. The van der Waals surface area contributed by atoms with Crippen LogP contribution in [0.15, 0.2) is 21.3 Å². The highest BCUT2D eigenvalue weighted by atomic mass is 16.4. The third kappa shape index (κ3) is 2.94. The van der Waals surface area contributed by atoms with Crippen molar-refractivity contribution in [3.05, 3.63) is 22.7 Å². The molecule has 0 unspecified atom stereocenters. The molecule has 6 heteroatoms. The van der Waals surface area contributed by atoms with Gasteiger partial charge in [0.05, 0.1) is 29.4 Å². The maximum atomic E-state index is 11.2. The Hall–Kier alpha value is -2.42. The number of benzene rings is 1. The Labute approximate surface area is 116 Å². The first-order valence-electron chi connectivity index (χ1n) is 6.55. The molecule has 0 aliphatic heterocycles. The zero-order valence-electron chi connectivity index (χ0n) is 11.6. The van der Waals surface area contributed by atoms with Gasteiger partial charge >= 0.3 is 5.76 Å². The molecular weight excluding hydrogens is 256 g/mol. The number of nitrogens with zero attached hydrogens (tertiary/aromatic N) is 2. The molecule has 1 aromatic carbocycles. The molecule has 0 spiro atoms. The molecule has 1 aromatic heterocycles. The third-order valence-electron chi connectivity index (χ3n) is 2.99. The molecular formula is C14H18N4O2.